The van der Waals surface area contributed by atoms with E-state index in [4.69, 9.17) is 10.1 Å². The van der Waals surface area contributed by atoms with E-state index in [2.05, 4.69) is 40.7 Å². The van der Waals surface area contributed by atoms with Crippen molar-refractivity contribution in [2.24, 2.45) is 17.8 Å². The average molecular weight is 369 g/mol. The van der Waals surface area contributed by atoms with Crippen molar-refractivity contribution >= 4 is 16.9 Å². The van der Waals surface area contributed by atoms with E-state index in [0.717, 1.165) is 36.9 Å². The number of nitrogens with one attached hydrogen (secondary N) is 1. The Bertz CT molecular complexity index is 809. The van der Waals surface area contributed by atoms with Crippen LogP contribution in [0.2, 0.25) is 0 Å². The minimum atomic E-state index is 0.578. The van der Waals surface area contributed by atoms with Gasteiger partial charge in [-0.1, -0.05) is 27.2 Å². The molecule has 1 N–H and O–H groups in total. The third-order valence-corrected chi connectivity index (χ3v) is 6.92. The first-order valence-electron chi connectivity index (χ1n) is 10.9. The van der Waals surface area contributed by atoms with Crippen LogP contribution >= 0.6 is 0 Å². The predicted molar refractivity (Wildman–Crippen MR) is 108 cm³/mol. The number of fused-ring (bicyclic) bond motifs is 6. The van der Waals surface area contributed by atoms with Gasteiger partial charge in [0.25, 0.3) is 0 Å². The second-order valence-corrected chi connectivity index (χ2v) is 9.12. The number of unbranched alkanes of at least 4 members (excludes halogenated alkanes) is 1. The van der Waals surface area contributed by atoms with Gasteiger partial charge in [0.1, 0.15) is 12.1 Å². The zero-order chi connectivity index (χ0) is 18.5. The van der Waals surface area contributed by atoms with Crippen LogP contribution in [0, 0.1) is 17.8 Å². The average Bonchev–Trinajstić information content (AvgIpc) is 3.40. The highest BCUT2D eigenvalue weighted by atomic mass is 15.3. The minimum absolute atomic E-state index is 0.578. The Hall–Kier alpha value is -1.69. The number of aromatic nitrogens is 4. The molecule has 2 aromatic rings. The topological polar surface area (TPSA) is 58.9 Å². The van der Waals surface area contributed by atoms with Gasteiger partial charge in [-0.25, -0.2) is 14.6 Å². The van der Waals surface area contributed by atoms with Crippen molar-refractivity contribution in [2.75, 3.05) is 18.0 Å². The second-order valence-electron chi connectivity index (χ2n) is 9.12. The molecular weight excluding hydrogens is 336 g/mol. The zero-order valence-corrected chi connectivity index (χ0v) is 16.9. The van der Waals surface area contributed by atoms with Crippen molar-refractivity contribution in [3.8, 4) is 0 Å². The van der Waals surface area contributed by atoms with Crippen molar-refractivity contribution in [1.82, 2.24) is 25.1 Å². The van der Waals surface area contributed by atoms with Gasteiger partial charge in [0.2, 0.25) is 0 Å². The Morgan fingerprint density at radius 2 is 1.89 bits per heavy atom. The van der Waals surface area contributed by atoms with Crippen LogP contribution in [-0.2, 0) is 13.0 Å². The van der Waals surface area contributed by atoms with Crippen molar-refractivity contribution in [3.63, 3.8) is 0 Å². The van der Waals surface area contributed by atoms with Crippen LogP contribution in [0.15, 0.2) is 6.33 Å². The van der Waals surface area contributed by atoms with Gasteiger partial charge in [0.05, 0.1) is 11.1 Å². The number of rotatable bonds is 6. The van der Waals surface area contributed by atoms with Crippen molar-refractivity contribution in [2.45, 2.75) is 71.5 Å². The lowest BCUT2D eigenvalue weighted by atomic mass is 9.82. The normalized spacial score (nSPS) is 29.4. The molecule has 2 bridgehead atoms. The summed E-state index contributed by atoms with van der Waals surface area (Å²) in [6, 6.07) is 1.28. The van der Waals surface area contributed by atoms with Gasteiger partial charge in [-0.3, -0.25) is 0 Å². The highest BCUT2D eigenvalue weighted by Crippen LogP contribution is 2.50. The summed E-state index contributed by atoms with van der Waals surface area (Å²) in [5.74, 6) is 3.32. The van der Waals surface area contributed by atoms with E-state index in [1.165, 1.54) is 49.2 Å². The van der Waals surface area contributed by atoms with Gasteiger partial charge in [-0.05, 0) is 43.4 Å². The van der Waals surface area contributed by atoms with E-state index in [0.29, 0.717) is 18.0 Å². The van der Waals surface area contributed by atoms with Gasteiger partial charge >= 0.3 is 0 Å². The number of anilines is 1. The monoisotopic (exact) mass is 368 g/mol. The molecule has 2 aromatic heterocycles. The molecule has 0 unspecified atom stereocenters. The molecule has 27 heavy (non-hydrogen) atoms. The Balaban J connectivity index is 1.61. The van der Waals surface area contributed by atoms with E-state index >= 15 is 0 Å². The van der Waals surface area contributed by atoms with Crippen molar-refractivity contribution in [3.05, 3.63) is 12.0 Å². The molecule has 0 saturated carbocycles. The molecule has 5 rings (SSSR count). The molecule has 0 aromatic carbocycles. The fraction of sp³-hybridized carbons (Fsp3) is 0.762. The summed E-state index contributed by atoms with van der Waals surface area (Å²) in [6.45, 7) is 10.1. The van der Waals surface area contributed by atoms with Crippen LogP contribution in [0.3, 0.4) is 0 Å². The maximum absolute atomic E-state index is 5.02. The Morgan fingerprint density at radius 1 is 1.15 bits per heavy atom. The Labute approximate surface area is 161 Å². The molecular formula is C21H32N6. The van der Waals surface area contributed by atoms with Gasteiger partial charge in [0.15, 0.2) is 5.65 Å². The molecule has 0 aliphatic carbocycles. The summed E-state index contributed by atoms with van der Waals surface area (Å²) in [5.41, 5.74) is 2.24. The molecule has 6 heteroatoms. The summed E-state index contributed by atoms with van der Waals surface area (Å²) in [4.78, 5) is 12.2. The van der Waals surface area contributed by atoms with Gasteiger partial charge in [-0.2, -0.15) is 5.10 Å². The van der Waals surface area contributed by atoms with Gasteiger partial charge < -0.3 is 10.2 Å². The fourth-order valence-electron chi connectivity index (χ4n) is 5.84. The SMILES string of the molecule is CCCCn1nc(CC(C)C)c2c(N3[C@@H]4CC[C@H]3[C@H]3CNC[C@H]34)ncnc21. The fourth-order valence-corrected chi connectivity index (χ4v) is 5.84. The van der Waals surface area contributed by atoms with Gasteiger partial charge in [0, 0.05) is 31.7 Å². The maximum atomic E-state index is 5.02. The summed E-state index contributed by atoms with van der Waals surface area (Å²) in [7, 11) is 0. The largest absolute Gasteiger partial charge is 0.349 e. The zero-order valence-electron chi connectivity index (χ0n) is 16.9. The Morgan fingerprint density at radius 3 is 2.56 bits per heavy atom. The van der Waals surface area contributed by atoms with Crippen molar-refractivity contribution < 1.29 is 0 Å². The summed E-state index contributed by atoms with van der Waals surface area (Å²) >= 11 is 0. The lowest BCUT2D eigenvalue weighted by molar-refractivity contribution is 0.354. The molecule has 0 amide bonds. The number of hydrogen-bond acceptors (Lipinski definition) is 5. The highest BCUT2D eigenvalue weighted by Gasteiger charge is 2.55. The van der Waals surface area contributed by atoms with E-state index in [9.17, 15) is 0 Å². The quantitative estimate of drug-likeness (QED) is 0.849. The summed E-state index contributed by atoms with van der Waals surface area (Å²) < 4.78 is 2.14. The molecule has 6 nitrogen and oxygen atoms in total. The van der Waals surface area contributed by atoms with Crippen LogP contribution in [0.25, 0.3) is 11.0 Å². The molecule has 0 radical (unpaired) electrons. The summed E-state index contributed by atoms with van der Waals surface area (Å²) in [5, 5.41) is 9.87. The lowest BCUT2D eigenvalue weighted by Crippen LogP contribution is -2.35. The summed E-state index contributed by atoms with van der Waals surface area (Å²) in [6.07, 6.45) is 7.69. The minimum Gasteiger partial charge on any atom is -0.349 e. The molecule has 146 valence electrons. The molecule has 4 atom stereocenters. The first-order valence-corrected chi connectivity index (χ1v) is 10.9. The number of hydrogen-bond donors (Lipinski definition) is 1. The van der Waals surface area contributed by atoms with Crippen LogP contribution in [0.5, 0.6) is 0 Å². The predicted octanol–water partition coefficient (Wildman–Crippen LogP) is 3.01. The molecule has 3 aliphatic rings. The molecule has 3 fully saturated rings. The molecule has 0 spiro atoms. The number of nitrogens with zero attached hydrogens (tertiary/aromatic N) is 5. The van der Waals surface area contributed by atoms with E-state index in [1.807, 2.05) is 0 Å². The Kier molecular flexibility index (Phi) is 4.34. The first-order chi connectivity index (χ1) is 13.2. The van der Waals surface area contributed by atoms with Crippen molar-refractivity contribution in [1.29, 1.82) is 0 Å². The molecule has 3 saturated heterocycles. The van der Waals surface area contributed by atoms with Crippen LogP contribution in [-0.4, -0.2) is 44.9 Å². The lowest BCUT2D eigenvalue weighted by Gasteiger charge is -2.26. The third kappa shape index (κ3) is 2.67. The van der Waals surface area contributed by atoms with E-state index in [1.54, 1.807) is 6.33 Å². The highest BCUT2D eigenvalue weighted by molar-refractivity contribution is 5.90. The molecule has 3 aliphatic heterocycles. The molecule has 5 heterocycles. The number of aryl methyl sites for hydroxylation is 1. The van der Waals surface area contributed by atoms with Crippen LogP contribution < -0.4 is 10.2 Å². The first kappa shape index (κ1) is 17.4. The van der Waals surface area contributed by atoms with Crippen LogP contribution in [0.1, 0.15) is 52.1 Å². The van der Waals surface area contributed by atoms with Crippen LogP contribution in [0.4, 0.5) is 5.82 Å². The van der Waals surface area contributed by atoms with E-state index in [-0.39, 0.29) is 0 Å². The second kappa shape index (κ2) is 6.73. The van der Waals surface area contributed by atoms with Gasteiger partial charge in [-0.15, -0.1) is 0 Å². The smallest absolute Gasteiger partial charge is 0.163 e. The maximum Gasteiger partial charge on any atom is 0.163 e. The third-order valence-electron chi connectivity index (χ3n) is 6.92. The standard InChI is InChI=1S/C21H32N6/c1-4-5-8-26-20-19(16(25-26)9-13(2)3)21(24-12-23-20)27-17-6-7-18(27)15-11-22-10-14(15)17/h12-15,17-18,22H,4-11H2,1-3H3/t14-,15+,17-,18+. The van der Waals surface area contributed by atoms with E-state index < -0.39 is 0 Å².